The predicted octanol–water partition coefficient (Wildman–Crippen LogP) is 5.68. The molecule has 188 valence electrons. The Bertz CT molecular complexity index is 1040. The van der Waals surface area contributed by atoms with Crippen LogP contribution in [0.3, 0.4) is 0 Å². The van der Waals surface area contributed by atoms with Crippen LogP contribution < -0.4 is 14.8 Å². The molecule has 1 N–H and O–H groups in total. The van der Waals surface area contributed by atoms with E-state index in [9.17, 15) is 14.0 Å². The maximum atomic E-state index is 12.9. The van der Waals surface area contributed by atoms with E-state index >= 15 is 0 Å². The van der Waals surface area contributed by atoms with Crippen LogP contribution in [0.5, 0.6) is 11.5 Å². The molecule has 8 heteroatoms. The average molecular weight is 484 g/mol. The predicted molar refractivity (Wildman–Crippen MR) is 134 cm³/mol. The molecule has 2 aromatic carbocycles. The highest BCUT2D eigenvalue weighted by Crippen LogP contribution is 2.32. The van der Waals surface area contributed by atoms with E-state index in [2.05, 4.69) is 12.2 Å². The lowest BCUT2D eigenvalue weighted by atomic mass is 9.89. The molecule has 0 bridgehead atoms. The van der Waals surface area contributed by atoms with Gasteiger partial charge in [-0.05, 0) is 48.7 Å². The molecule has 1 unspecified atom stereocenters. The Morgan fingerprint density at radius 1 is 1.14 bits per heavy atom. The highest BCUT2D eigenvalue weighted by atomic mass is 19.1. The SMILES string of the molecule is CCCCCC(=O)Nc1ccc(CN2N=C(c3ccc(OC)c(OCF)c3)C(CC)CC2=O)cc1. The largest absolute Gasteiger partial charge is 0.493 e. The number of carbonyl (C=O) groups is 2. The first-order valence-corrected chi connectivity index (χ1v) is 12.1. The second kappa shape index (κ2) is 12.9. The van der Waals surface area contributed by atoms with Crippen LogP contribution in [0.15, 0.2) is 47.6 Å². The summed E-state index contributed by atoms with van der Waals surface area (Å²) in [5.74, 6) is 0.633. The Morgan fingerprint density at radius 2 is 1.91 bits per heavy atom. The number of methoxy groups -OCH3 is 1. The van der Waals surface area contributed by atoms with E-state index < -0.39 is 6.86 Å². The minimum absolute atomic E-state index is 0.00728. The number of amides is 2. The number of nitrogens with zero attached hydrogens (tertiary/aromatic N) is 2. The topological polar surface area (TPSA) is 80.2 Å². The van der Waals surface area contributed by atoms with Gasteiger partial charge in [-0.1, -0.05) is 38.8 Å². The molecular formula is C27H34FN3O4. The molecule has 0 aromatic heterocycles. The first-order valence-electron chi connectivity index (χ1n) is 12.1. The van der Waals surface area contributed by atoms with Gasteiger partial charge in [-0.25, -0.2) is 9.40 Å². The molecule has 7 nitrogen and oxygen atoms in total. The lowest BCUT2D eigenvalue weighted by Crippen LogP contribution is -2.36. The van der Waals surface area contributed by atoms with Crippen LogP contribution in [0.2, 0.25) is 0 Å². The van der Waals surface area contributed by atoms with E-state index in [-0.39, 0.29) is 17.7 Å². The summed E-state index contributed by atoms with van der Waals surface area (Å²) in [6.45, 7) is 3.46. The van der Waals surface area contributed by atoms with Gasteiger partial charge in [-0.15, -0.1) is 0 Å². The zero-order chi connectivity index (χ0) is 25.2. The number of hydrogen-bond acceptors (Lipinski definition) is 5. The molecule has 35 heavy (non-hydrogen) atoms. The maximum Gasteiger partial charge on any atom is 0.243 e. The summed E-state index contributed by atoms with van der Waals surface area (Å²) in [4.78, 5) is 24.9. The maximum absolute atomic E-state index is 12.9. The first kappa shape index (κ1) is 26.2. The second-order valence-corrected chi connectivity index (χ2v) is 8.57. The zero-order valence-electron chi connectivity index (χ0n) is 20.7. The molecule has 2 aromatic rings. The summed E-state index contributed by atoms with van der Waals surface area (Å²) in [7, 11) is 1.50. The number of hydrazone groups is 1. The minimum atomic E-state index is -0.969. The van der Waals surface area contributed by atoms with Gasteiger partial charge in [0.2, 0.25) is 18.7 Å². The molecule has 1 aliphatic heterocycles. The average Bonchev–Trinajstić information content (AvgIpc) is 2.86. The summed E-state index contributed by atoms with van der Waals surface area (Å²) in [6, 6.07) is 12.7. The summed E-state index contributed by atoms with van der Waals surface area (Å²) in [6.07, 6.45) is 4.59. The van der Waals surface area contributed by atoms with E-state index in [1.165, 1.54) is 12.1 Å². The smallest absolute Gasteiger partial charge is 0.243 e. The molecule has 0 saturated heterocycles. The summed E-state index contributed by atoms with van der Waals surface area (Å²) >= 11 is 0. The molecule has 0 aliphatic carbocycles. The van der Waals surface area contributed by atoms with E-state index in [1.54, 1.807) is 12.1 Å². The third-order valence-corrected chi connectivity index (χ3v) is 6.06. The number of benzene rings is 2. The number of ether oxygens (including phenoxy) is 2. The van der Waals surface area contributed by atoms with Crippen molar-refractivity contribution in [3.63, 3.8) is 0 Å². The van der Waals surface area contributed by atoms with Crippen molar-refractivity contribution in [2.75, 3.05) is 19.3 Å². The Labute approximate surface area is 206 Å². The van der Waals surface area contributed by atoms with E-state index in [4.69, 9.17) is 14.6 Å². The van der Waals surface area contributed by atoms with Crippen LogP contribution in [0, 0.1) is 5.92 Å². The first-order chi connectivity index (χ1) is 17.0. The molecular weight excluding hydrogens is 449 g/mol. The Kier molecular flexibility index (Phi) is 9.64. The molecule has 1 atom stereocenters. The Morgan fingerprint density at radius 3 is 2.57 bits per heavy atom. The van der Waals surface area contributed by atoms with Crippen molar-refractivity contribution in [1.82, 2.24) is 5.01 Å². The number of alkyl halides is 1. The summed E-state index contributed by atoms with van der Waals surface area (Å²) in [5.41, 5.74) is 3.15. The van der Waals surface area contributed by atoms with Crippen molar-refractivity contribution < 1.29 is 23.5 Å². The summed E-state index contributed by atoms with van der Waals surface area (Å²) in [5, 5.41) is 9.07. The van der Waals surface area contributed by atoms with Crippen LogP contribution in [0.25, 0.3) is 0 Å². The van der Waals surface area contributed by atoms with Gasteiger partial charge in [0.05, 0.1) is 19.4 Å². The highest BCUT2D eigenvalue weighted by molar-refractivity contribution is 6.06. The van der Waals surface area contributed by atoms with E-state index in [1.807, 2.05) is 37.3 Å². The highest BCUT2D eigenvalue weighted by Gasteiger charge is 2.29. The lowest BCUT2D eigenvalue weighted by molar-refractivity contribution is -0.133. The second-order valence-electron chi connectivity index (χ2n) is 8.57. The molecule has 0 saturated carbocycles. The van der Waals surface area contributed by atoms with Gasteiger partial charge in [-0.3, -0.25) is 9.59 Å². The standard InChI is InChI=1S/C27H34FN3O4/c1-4-6-7-8-25(32)29-22-12-9-19(10-13-22)17-31-26(33)16-20(5-2)27(30-31)21-11-14-23(34-3)24(15-21)35-18-28/h9-15,20H,4-8,16-18H2,1-3H3,(H,29,32). The quantitative estimate of drug-likeness (QED) is 0.394. The van der Waals surface area contributed by atoms with Crippen molar-refractivity contribution in [3.8, 4) is 11.5 Å². The number of rotatable bonds is 12. The molecule has 2 amide bonds. The van der Waals surface area contributed by atoms with E-state index in [0.717, 1.165) is 48.2 Å². The normalized spacial score (nSPS) is 15.5. The van der Waals surface area contributed by atoms with Crippen molar-refractivity contribution >= 4 is 23.2 Å². The fourth-order valence-electron chi connectivity index (χ4n) is 4.07. The van der Waals surface area contributed by atoms with Gasteiger partial charge in [0.25, 0.3) is 0 Å². The number of hydrogen-bond donors (Lipinski definition) is 1. The van der Waals surface area contributed by atoms with Gasteiger partial charge < -0.3 is 14.8 Å². The van der Waals surface area contributed by atoms with Crippen molar-refractivity contribution in [1.29, 1.82) is 0 Å². The third-order valence-electron chi connectivity index (χ3n) is 6.06. The van der Waals surface area contributed by atoms with Gasteiger partial charge >= 0.3 is 0 Å². The molecule has 1 aliphatic rings. The molecule has 3 rings (SSSR count). The molecule has 1 heterocycles. The minimum Gasteiger partial charge on any atom is -0.493 e. The summed E-state index contributed by atoms with van der Waals surface area (Å²) < 4.78 is 23.2. The van der Waals surface area contributed by atoms with Gasteiger partial charge in [0.15, 0.2) is 11.5 Å². The third kappa shape index (κ3) is 7.04. The Hall–Kier alpha value is -3.42. The lowest BCUT2D eigenvalue weighted by Gasteiger charge is -2.29. The molecule has 0 spiro atoms. The number of anilines is 1. The van der Waals surface area contributed by atoms with Gasteiger partial charge in [-0.2, -0.15) is 5.10 Å². The monoisotopic (exact) mass is 483 g/mol. The van der Waals surface area contributed by atoms with Gasteiger partial charge in [0.1, 0.15) is 0 Å². The Balaban J connectivity index is 1.76. The zero-order valence-corrected chi connectivity index (χ0v) is 20.7. The number of nitrogens with one attached hydrogen (secondary N) is 1. The van der Waals surface area contributed by atoms with Gasteiger partial charge in [0, 0.05) is 30.0 Å². The van der Waals surface area contributed by atoms with Crippen molar-refractivity contribution in [2.24, 2.45) is 11.0 Å². The molecule has 0 radical (unpaired) electrons. The number of carbonyl (C=O) groups excluding carboxylic acids is 2. The van der Waals surface area contributed by atoms with E-state index in [0.29, 0.717) is 30.9 Å². The van der Waals surface area contributed by atoms with Crippen LogP contribution in [0.1, 0.15) is 63.5 Å². The fourth-order valence-corrected chi connectivity index (χ4v) is 4.07. The van der Waals surface area contributed by atoms with Crippen LogP contribution in [0.4, 0.5) is 10.1 Å². The fraction of sp³-hybridized carbons (Fsp3) is 0.444. The van der Waals surface area contributed by atoms with Crippen molar-refractivity contribution in [2.45, 2.75) is 58.9 Å². The molecule has 0 fully saturated rings. The number of unbranched alkanes of at least 4 members (excludes halogenated alkanes) is 2. The van der Waals surface area contributed by atoms with Crippen molar-refractivity contribution in [3.05, 3.63) is 53.6 Å². The van der Waals surface area contributed by atoms with Crippen LogP contribution in [-0.4, -0.2) is 36.5 Å². The van der Waals surface area contributed by atoms with Crippen LogP contribution >= 0.6 is 0 Å². The van der Waals surface area contributed by atoms with Crippen LogP contribution in [-0.2, 0) is 16.1 Å². The number of halogens is 1.